The Morgan fingerprint density at radius 1 is 1.47 bits per heavy atom. The van der Waals surface area contributed by atoms with Gasteiger partial charge in [-0.2, -0.15) is 0 Å². The molecule has 110 valence electrons. The largest absolute Gasteiger partial charge is 0.464 e. The minimum atomic E-state index is -3.92. The summed E-state index contributed by atoms with van der Waals surface area (Å²) in [5.74, 6) is -1.66. The molecule has 0 amide bonds. The topological polar surface area (TPSA) is 91.3 Å². The number of esters is 1. The van der Waals surface area contributed by atoms with E-state index in [1.807, 2.05) is 0 Å². The third kappa shape index (κ3) is 4.96. The van der Waals surface area contributed by atoms with Crippen molar-refractivity contribution in [3.8, 4) is 0 Å². The van der Waals surface area contributed by atoms with E-state index in [2.05, 4.69) is 9.89 Å². The standard InChI is InChI=1S/C10H16ClNO6S/c1-16-10(13)9(19(14,15)7-5-11)12-18-8-4-2-3-6-17-8/h8H,2-7H2,1H3/b12-9-. The fraction of sp³-hybridized carbons (Fsp3) is 0.800. The van der Waals surface area contributed by atoms with Gasteiger partial charge in [-0.15, -0.1) is 11.6 Å². The molecule has 7 nitrogen and oxygen atoms in total. The normalized spacial score (nSPS) is 20.9. The van der Waals surface area contributed by atoms with E-state index in [1.165, 1.54) is 0 Å². The monoisotopic (exact) mass is 313 g/mol. The van der Waals surface area contributed by atoms with Gasteiger partial charge in [-0.3, -0.25) is 0 Å². The Morgan fingerprint density at radius 3 is 2.74 bits per heavy atom. The molecule has 0 aliphatic carbocycles. The van der Waals surface area contributed by atoms with Crippen LogP contribution in [-0.4, -0.2) is 51.1 Å². The lowest BCUT2D eigenvalue weighted by atomic mass is 10.2. The summed E-state index contributed by atoms with van der Waals surface area (Å²) >= 11 is 5.38. The average molecular weight is 314 g/mol. The van der Waals surface area contributed by atoms with Gasteiger partial charge in [0.1, 0.15) is 0 Å². The molecule has 1 rings (SSSR count). The summed E-state index contributed by atoms with van der Waals surface area (Å²) < 4.78 is 33.1. The molecule has 1 unspecified atom stereocenters. The zero-order valence-electron chi connectivity index (χ0n) is 10.5. The Hall–Kier alpha value is -0.860. The van der Waals surface area contributed by atoms with Crippen LogP contribution in [0.3, 0.4) is 0 Å². The van der Waals surface area contributed by atoms with Crippen molar-refractivity contribution in [2.75, 3.05) is 25.3 Å². The molecule has 1 aliphatic rings. The number of carbonyl (C=O) groups is 1. The Balaban J connectivity index is 2.81. The quantitative estimate of drug-likeness (QED) is 0.249. The van der Waals surface area contributed by atoms with Gasteiger partial charge < -0.3 is 14.3 Å². The second-order valence-corrected chi connectivity index (χ2v) is 6.20. The van der Waals surface area contributed by atoms with Crippen LogP contribution in [0.25, 0.3) is 0 Å². The number of halogens is 1. The highest BCUT2D eigenvalue weighted by Crippen LogP contribution is 2.14. The number of ether oxygens (including phenoxy) is 2. The van der Waals surface area contributed by atoms with Gasteiger partial charge in [0.15, 0.2) is 0 Å². The molecular formula is C10H16ClNO6S. The van der Waals surface area contributed by atoms with Crippen LogP contribution in [0.1, 0.15) is 19.3 Å². The third-order valence-electron chi connectivity index (χ3n) is 2.39. The minimum Gasteiger partial charge on any atom is -0.464 e. The van der Waals surface area contributed by atoms with E-state index in [4.69, 9.17) is 21.2 Å². The number of hydrogen-bond donors (Lipinski definition) is 0. The van der Waals surface area contributed by atoms with E-state index in [1.54, 1.807) is 0 Å². The van der Waals surface area contributed by atoms with Crippen molar-refractivity contribution in [3.63, 3.8) is 0 Å². The highest BCUT2D eigenvalue weighted by atomic mass is 35.5. The van der Waals surface area contributed by atoms with Gasteiger partial charge in [0.25, 0.3) is 5.04 Å². The van der Waals surface area contributed by atoms with Crippen molar-refractivity contribution >= 4 is 32.5 Å². The Kier molecular flexibility index (Phi) is 6.53. The number of oxime groups is 1. The molecule has 1 saturated heterocycles. The number of alkyl halides is 1. The van der Waals surface area contributed by atoms with E-state index in [0.717, 1.165) is 20.0 Å². The van der Waals surface area contributed by atoms with Crippen molar-refractivity contribution < 1.29 is 27.5 Å². The molecule has 0 spiro atoms. The fourth-order valence-corrected chi connectivity index (χ4v) is 2.91. The van der Waals surface area contributed by atoms with Crippen LogP contribution in [0.15, 0.2) is 5.16 Å². The lowest BCUT2D eigenvalue weighted by Crippen LogP contribution is -2.30. The van der Waals surface area contributed by atoms with Gasteiger partial charge in [-0.1, -0.05) is 5.16 Å². The van der Waals surface area contributed by atoms with E-state index < -0.39 is 32.9 Å². The van der Waals surface area contributed by atoms with Crippen molar-refractivity contribution in [2.45, 2.75) is 25.6 Å². The summed E-state index contributed by atoms with van der Waals surface area (Å²) in [6.07, 6.45) is 1.76. The highest BCUT2D eigenvalue weighted by molar-refractivity contribution is 8.08. The Labute approximate surface area is 116 Å². The number of rotatable bonds is 4. The van der Waals surface area contributed by atoms with Crippen LogP contribution in [0.5, 0.6) is 0 Å². The smallest absolute Gasteiger partial charge is 0.372 e. The van der Waals surface area contributed by atoms with Crippen LogP contribution in [-0.2, 0) is 28.9 Å². The van der Waals surface area contributed by atoms with E-state index in [0.29, 0.717) is 13.0 Å². The molecule has 0 bridgehead atoms. The van der Waals surface area contributed by atoms with Gasteiger partial charge in [-0.25, -0.2) is 13.2 Å². The average Bonchev–Trinajstić information content (AvgIpc) is 2.39. The molecule has 19 heavy (non-hydrogen) atoms. The fourth-order valence-electron chi connectivity index (χ4n) is 1.41. The second kappa shape index (κ2) is 7.66. The van der Waals surface area contributed by atoms with E-state index in [9.17, 15) is 13.2 Å². The first-order valence-corrected chi connectivity index (χ1v) is 7.92. The molecule has 0 N–H and O–H groups in total. The number of nitrogens with zero attached hydrogens (tertiary/aromatic N) is 1. The first kappa shape index (κ1) is 16.2. The highest BCUT2D eigenvalue weighted by Gasteiger charge is 2.29. The second-order valence-electron chi connectivity index (χ2n) is 3.80. The van der Waals surface area contributed by atoms with Crippen molar-refractivity contribution in [3.05, 3.63) is 0 Å². The maximum absolute atomic E-state index is 11.8. The summed E-state index contributed by atoms with van der Waals surface area (Å²) in [6.45, 7) is 0.516. The third-order valence-corrected chi connectivity index (χ3v) is 4.38. The Morgan fingerprint density at radius 2 is 2.21 bits per heavy atom. The molecule has 0 aromatic heterocycles. The first-order chi connectivity index (χ1) is 9.01. The van der Waals surface area contributed by atoms with E-state index in [-0.39, 0.29) is 5.88 Å². The van der Waals surface area contributed by atoms with Crippen molar-refractivity contribution in [1.82, 2.24) is 0 Å². The molecule has 1 aliphatic heterocycles. The van der Waals surface area contributed by atoms with Crippen molar-refractivity contribution in [2.24, 2.45) is 5.16 Å². The molecule has 1 atom stereocenters. The van der Waals surface area contributed by atoms with Crippen molar-refractivity contribution in [1.29, 1.82) is 0 Å². The van der Waals surface area contributed by atoms with Crippen LogP contribution in [0.2, 0.25) is 0 Å². The number of hydrogen-bond acceptors (Lipinski definition) is 7. The first-order valence-electron chi connectivity index (χ1n) is 5.73. The van der Waals surface area contributed by atoms with Crippen LogP contribution in [0.4, 0.5) is 0 Å². The molecule has 9 heteroatoms. The zero-order valence-corrected chi connectivity index (χ0v) is 12.1. The van der Waals surface area contributed by atoms with Crippen LogP contribution >= 0.6 is 11.6 Å². The predicted molar refractivity (Wildman–Crippen MR) is 68.6 cm³/mol. The summed E-state index contributed by atoms with van der Waals surface area (Å²) in [7, 11) is -2.86. The minimum absolute atomic E-state index is 0.154. The van der Waals surface area contributed by atoms with Gasteiger partial charge in [-0.05, 0) is 12.8 Å². The molecule has 0 aromatic rings. The SMILES string of the molecule is COC(=O)/C(=N/OC1CCCCO1)S(=O)(=O)CCCl. The van der Waals surface area contributed by atoms with Crippen LogP contribution in [0, 0.1) is 0 Å². The van der Waals surface area contributed by atoms with Crippen LogP contribution < -0.4 is 0 Å². The predicted octanol–water partition coefficient (Wildman–Crippen LogP) is 0.670. The van der Waals surface area contributed by atoms with Gasteiger partial charge in [0.2, 0.25) is 16.1 Å². The van der Waals surface area contributed by atoms with Gasteiger partial charge >= 0.3 is 5.97 Å². The molecule has 0 radical (unpaired) electrons. The summed E-state index contributed by atoms with van der Waals surface area (Å²) in [6, 6.07) is 0. The van der Waals surface area contributed by atoms with E-state index >= 15 is 0 Å². The summed E-state index contributed by atoms with van der Waals surface area (Å²) in [4.78, 5) is 16.4. The molecule has 0 aromatic carbocycles. The maximum Gasteiger partial charge on any atom is 0.372 e. The number of sulfone groups is 1. The number of carbonyl (C=O) groups excluding carboxylic acids is 1. The lowest BCUT2D eigenvalue weighted by molar-refractivity contribution is -0.162. The summed E-state index contributed by atoms with van der Waals surface area (Å²) in [5, 5.41) is 2.59. The molecule has 1 fully saturated rings. The summed E-state index contributed by atoms with van der Waals surface area (Å²) in [5.41, 5.74) is 0. The number of methoxy groups -OCH3 is 1. The Bertz CT molecular complexity index is 429. The molecule has 1 heterocycles. The maximum atomic E-state index is 11.8. The molecular weight excluding hydrogens is 298 g/mol. The van der Waals surface area contributed by atoms with Gasteiger partial charge in [0, 0.05) is 12.3 Å². The van der Waals surface area contributed by atoms with Gasteiger partial charge in [0.05, 0.1) is 19.5 Å². The zero-order chi connectivity index (χ0) is 14.3. The lowest BCUT2D eigenvalue weighted by Gasteiger charge is -2.20. The molecule has 0 saturated carbocycles.